The largest absolute Gasteiger partial charge is 0.256 e. The molecule has 3 rings (SSSR count). The minimum atomic E-state index is 0.954. The fraction of sp³-hybridized carbons (Fsp3) is 0.542. The lowest BCUT2D eigenvalue weighted by Gasteiger charge is -2.27. The lowest BCUT2D eigenvalue weighted by molar-refractivity contribution is 0.259. The second-order valence-electron chi connectivity index (χ2n) is 7.83. The zero-order valence-electron chi connectivity index (χ0n) is 16.0. The van der Waals surface area contributed by atoms with Crippen LogP contribution < -0.4 is 0 Å². The van der Waals surface area contributed by atoms with Gasteiger partial charge in [0.1, 0.15) is 0 Å². The molecule has 1 aliphatic carbocycles. The quantitative estimate of drug-likeness (QED) is 0.539. The summed E-state index contributed by atoms with van der Waals surface area (Å²) >= 11 is 0. The first-order chi connectivity index (χ1) is 12.3. The summed E-state index contributed by atoms with van der Waals surface area (Å²) in [5.41, 5.74) is 5.13. The molecule has 1 saturated carbocycles. The SMILES string of the molecule is CCCc1ccc(-c2ccc(CC[C@H]3CC[C@H](CC)CC3)cc2)nc1. The number of nitrogens with zero attached hydrogens (tertiary/aromatic N) is 1. The van der Waals surface area contributed by atoms with Crippen LogP contribution in [-0.4, -0.2) is 4.98 Å². The summed E-state index contributed by atoms with van der Waals surface area (Å²) in [4.78, 5) is 4.63. The molecular weight excluding hydrogens is 302 g/mol. The summed E-state index contributed by atoms with van der Waals surface area (Å²) in [6.45, 7) is 4.56. The maximum atomic E-state index is 4.63. The third-order valence-corrected chi connectivity index (χ3v) is 6.00. The van der Waals surface area contributed by atoms with Crippen molar-refractivity contribution < 1.29 is 0 Å². The highest BCUT2D eigenvalue weighted by Gasteiger charge is 2.19. The molecule has 2 aromatic rings. The van der Waals surface area contributed by atoms with Gasteiger partial charge in [-0.1, -0.05) is 82.7 Å². The topological polar surface area (TPSA) is 12.9 Å². The maximum absolute atomic E-state index is 4.63. The van der Waals surface area contributed by atoms with Gasteiger partial charge >= 0.3 is 0 Å². The molecule has 134 valence electrons. The molecule has 1 aromatic carbocycles. The van der Waals surface area contributed by atoms with E-state index in [2.05, 4.69) is 55.2 Å². The van der Waals surface area contributed by atoms with E-state index in [4.69, 9.17) is 0 Å². The summed E-state index contributed by atoms with van der Waals surface area (Å²) in [5, 5.41) is 0. The Labute approximate surface area is 153 Å². The number of aromatic nitrogens is 1. The number of hydrogen-bond acceptors (Lipinski definition) is 1. The van der Waals surface area contributed by atoms with Crippen LogP contribution in [0.1, 0.15) is 69.9 Å². The van der Waals surface area contributed by atoms with Crippen LogP contribution in [-0.2, 0) is 12.8 Å². The van der Waals surface area contributed by atoms with Crippen LogP contribution in [0.25, 0.3) is 11.3 Å². The Balaban J connectivity index is 1.52. The molecule has 0 N–H and O–H groups in total. The Bertz CT molecular complexity index is 618. The minimum absolute atomic E-state index is 0.954. The fourth-order valence-electron chi connectivity index (χ4n) is 4.17. The van der Waals surface area contributed by atoms with Crippen molar-refractivity contribution in [2.24, 2.45) is 11.8 Å². The van der Waals surface area contributed by atoms with Crippen LogP contribution in [0.5, 0.6) is 0 Å². The molecule has 0 saturated heterocycles. The highest BCUT2D eigenvalue weighted by molar-refractivity contribution is 5.59. The number of hydrogen-bond donors (Lipinski definition) is 0. The Morgan fingerprint density at radius 2 is 1.48 bits per heavy atom. The highest BCUT2D eigenvalue weighted by Crippen LogP contribution is 2.33. The Hall–Kier alpha value is -1.63. The van der Waals surface area contributed by atoms with E-state index in [1.807, 2.05) is 6.20 Å². The molecule has 0 unspecified atom stereocenters. The maximum Gasteiger partial charge on any atom is 0.0702 e. The lowest BCUT2D eigenvalue weighted by Crippen LogP contribution is -2.14. The van der Waals surface area contributed by atoms with E-state index < -0.39 is 0 Å². The first-order valence-electron chi connectivity index (χ1n) is 10.3. The minimum Gasteiger partial charge on any atom is -0.256 e. The number of rotatable bonds is 7. The van der Waals surface area contributed by atoms with E-state index in [0.717, 1.165) is 24.0 Å². The molecule has 1 aliphatic rings. The molecule has 1 heterocycles. The fourth-order valence-corrected chi connectivity index (χ4v) is 4.17. The van der Waals surface area contributed by atoms with E-state index >= 15 is 0 Å². The summed E-state index contributed by atoms with van der Waals surface area (Å²) in [6.07, 6.45) is 14.1. The smallest absolute Gasteiger partial charge is 0.0702 e. The lowest BCUT2D eigenvalue weighted by atomic mass is 9.78. The third-order valence-electron chi connectivity index (χ3n) is 6.00. The summed E-state index contributed by atoms with van der Waals surface area (Å²) < 4.78 is 0. The summed E-state index contributed by atoms with van der Waals surface area (Å²) in [5.74, 6) is 1.96. The molecule has 0 aliphatic heterocycles. The molecule has 0 spiro atoms. The predicted molar refractivity (Wildman–Crippen MR) is 108 cm³/mol. The molecule has 0 bridgehead atoms. The second-order valence-corrected chi connectivity index (χ2v) is 7.83. The van der Waals surface area contributed by atoms with Gasteiger partial charge in [0.15, 0.2) is 0 Å². The van der Waals surface area contributed by atoms with Crippen LogP contribution >= 0.6 is 0 Å². The van der Waals surface area contributed by atoms with Crippen molar-refractivity contribution >= 4 is 0 Å². The standard InChI is InChI=1S/C24H33N/c1-3-5-22-14-17-24(25-18-22)23-15-12-21(13-16-23)11-10-20-8-6-19(4-2)7-9-20/h12-20H,3-11H2,1-2H3/t19-,20-. The van der Waals surface area contributed by atoms with E-state index in [9.17, 15) is 0 Å². The predicted octanol–water partition coefficient (Wildman–Crippen LogP) is 6.85. The average molecular weight is 336 g/mol. The highest BCUT2D eigenvalue weighted by atomic mass is 14.7. The second kappa shape index (κ2) is 9.17. The van der Waals surface area contributed by atoms with Gasteiger partial charge in [-0.25, -0.2) is 0 Å². The Morgan fingerprint density at radius 1 is 0.800 bits per heavy atom. The third kappa shape index (κ3) is 5.17. The zero-order chi connectivity index (χ0) is 17.5. The van der Waals surface area contributed by atoms with Crippen LogP contribution in [0.3, 0.4) is 0 Å². The van der Waals surface area contributed by atoms with E-state index in [-0.39, 0.29) is 0 Å². The monoisotopic (exact) mass is 335 g/mol. The molecular formula is C24H33N. The van der Waals surface area contributed by atoms with Gasteiger partial charge in [-0.05, 0) is 48.3 Å². The van der Waals surface area contributed by atoms with Crippen molar-refractivity contribution in [2.45, 2.75) is 71.6 Å². The van der Waals surface area contributed by atoms with E-state index in [1.54, 1.807) is 0 Å². The van der Waals surface area contributed by atoms with Crippen molar-refractivity contribution in [2.75, 3.05) is 0 Å². The van der Waals surface area contributed by atoms with E-state index in [1.165, 1.54) is 68.1 Å². The summed E-state index contributed by atoms with van der Waals surface area (Å²) in [6, 6.07) is 13.5. The Kier molecular flexibility index (Phi) is 6.67. The van der Waals surface area contributed by atoms with Crippen LogP contribution in [0, 0.1) is 11.8 Å². The van der Waals surface area contributed by atoms with Crippen molar-refractivity contribution in [3.05, 3.63) is 53.7 Å². The van der Waals surface area contributed by atoms with E-state index in [0.29, 0.717) is 0 Å². The first kappa shape index (κ1) is 18.2. The normalized spacial score (nSPS) is 20.6. The van der Waals surface area contributed by atoms with Crippen molar-refractivity contribution in [1.29, 1.82) is 0 Å². The number of aryl methyl sites for hydroxylation is 2. The zero-order valence-corrected chi connectivity index (χ0v) is 16.0. The molecule has 0 amide bonds. The van der Waals surface area contributed by atoms with Crippen LogP contribution in [0.2, 0.25) is 0 Å². The molecule has 1 heteroatoms. The summed E-state index contributed by atoms with van der Waals surface area (Å²) in [7, 11) is 0. The number of benzene rings is 1. The molecule has 0 radical (unpaired) electrons. The molecule has 25 heavy (non-hydrogen) atoms. The number of pyridine rings is 1. The van der Waals surface area contributed by atoms with Crippen molar-refractivity contribution in [3.8, 4) is 11.3 Å². The molecule has 0 atom stereocenters. The van der Waals surface area contributed by atoms with Gasteiger partial charge in [0.2, 0.25) is 0 Å². The first-order valence-corrected chi connectivity index (χ1v) is 10.3. The average Bonchev–Trinajstić information content (AvgIpc) is 2.68. The van der Waals surface area contributed by atoms with Gasteiger partial charge in [0.25, 0.3) is 0 Å². The van der Waals surface area contributed by atoms with Crippen molar-refractivity contribution in [1.82, 2.24) is 4.98 Å². The molecule has 1 fully saturated rings. The van der Waals surface area contributed by atoms with Gasteiger partial charge in [-0.3, -0.25) is 4.98 Å². The van der Waals surface area contributed by atoms with Crippen LogP contribution in [0.15, 0.2) is 42.6 Å². The molecule has 1 nitrogen and oxygen atoms in total. The Morgan fingerprint density at radius 3 is 2.08 bits per heavy atom. The van der Waals surface area contributed by atoms with Gasteiger partial charge in [-0.15, -0.1) is 0 Å². The van der Waals surface area contributed by atoms with Gasteiger partial charge in [-0.2, -0.15) is 0 Å². The van der Waals surface area contributed by atoms with Gasteiger partial charge < -0.3 is 0 Å². The van der Waals surface area contributed by atoms with Gasteiger partial charge in [0.05, 0.1) is 5.69 Å². The molecule has 1 aromatic heterocycles. The van der Waals surface area contributed by atoms with Gasteiger partial charge in [0, 0.05) is 11.8 Å². The van der Waals surface area contributed by atoms with Crippen LogP contribution in [0.4, 0.5) is 0 Å². The van der Waals surface area contributed by atoms with Crippen molar-refractivity contribution in [3.63, 3.8) is 0 Å².